The second-order valence-corrected chi connectivity index (χ2v) is 7.95. The SMILES string of the molecule is CS(=O)(=O)c1ccc(CCC(=O)NCc2ccc(-c3ccco3)o2)cc1. The second-order valence-electron chi connectivity index (χ2n) is 5.94. The van der Waals surface area contributed by atoms with Gasteiger partial charge in [-0.1, -0.05) is 12.1 Å². The van der Waals surface area contributed by atoms with Crippen LogP contribution >= 0.6 is 0 Å². The summed E-state index contributed by atoms with van der Waals surface area (Å²) in [6, 6.07) is 13.7. The number of aryl methyl sites for hydroxylation is 1. The molecule has 0 aliphatic rings. The van der Waals surface area contributed by atoms with E-state index in [-0.39, 0.29) is 10.8 Å². The van der Waals surface area contributed by atoms with Crippen LogP contribution in [0.2, 0.25) is 0 Å². The second kappa shape index (κ2) is 7.61. The number of carbonyl (C=O) groups excluding carboxylic acids is 1. The Kier molecular flexibility index (Phi) is 5.27. The van der Waals surface area contributed by atoms with E-state index in [0.717, 1.165) is 5.56 Å². The molecule has 0 radical (unpaired) electrons. The molecule has 0 aliphatic heterocycles. The molecule has 0 aliphatic carbocycles. The zero-order chi connectivity index (χ0) is 18.6. The molecular formula is C19H19NO5S. The summed E-state index contributed by atoms with van der Waals surface area (Å²) in [5.41, 5.74) is 0.908. The highest BCUT2D eigenvalue weighted by molar-refractivity contribution is 7.90. The number of carbonyl (C=O) groups is 1. The first-order valence-corrected chi connectivity index (χ1v) is 9.99. The van der Waals surface area contributed by atoms with E-state index >= 15 is 0 Å². The fourth-order valence-electron chi connectivity index (χ4n) is 2.46. The molecule has 0 bridgehead atoms. The summed E-state index contributed by atoms with van der Waals surface area (Å²) in [6.07, 6.45) is 3.58. The molecule has 0 spiro atoms. The Morgan fingerprint density at radius 1 is 1.04 bits per heavy atom. The van der Waals surface area contributed by atoms with Crippen LogP contribution in [0.25, 0.3) is 11.5 Å². The standard InChI is InChI=1S/C19H19NO5S/c1-26(22,23)16-8-4-14(5-9-16)6-11-19(21)20-13-15-7-10-18(25-15)17-3-2-12-24-17/h2-5,7-10,12H,6,11,13H2,1H3,(H,20,21). The number of nitrogens with one attached hydrogen (secondary N) is 1. The first-order valence-electron chi connectivity index (χ1n) is 8.10. The van der Waals surface area contributed by atoms with Crippen molar-refractivity contribution in [2.24, 2.45) is 0 Å². The van der Waals surface area contributed by atoms with E-state index in [4.69, 9.17) is 8.83 Å². The fourth-order valence-corrected chi connectivity index (χ4v) is 3.09. The number of amides is 1. The van der Waals surface area contributed by atoms with Crippen LogP contribution < -0.4 is 5.32 Å². The van der Waals surface area contributed by atoms with Crippen molar-refractivity contribution < 1.29 is 22.0 Å². The summed E-state index contributed by atoms with van der Waals surface area (Å²) in [7, 11) is -3.20. The molecule has 3 rings (SSSR count). The molecule has 7 heteroatoms. The van der Waals surface area contributed by atoms with Gasteiger partial charge in [0.15, 0.2) is 21.4 Å². The highest BCUT2D eigenvalue weighted by atomic mass is 32.2. The van der Waals surface area contributed by atoms with E-state index in [1.54, 1.807) is 54.8 Å². The first kappa shape index (κ1) is 18.0. The minimum absolute atomic E-state index is 0.104. The average Bonchev–Trinajstić information content (AvgIpc) is 3.29. The minimum atomic E-state index is -3.20. The highest BCUT2D eigenvalue weighted by Crippen LogP contribution is 2.22. The minimum Gasteiger partial charge on any atom is -0.461 e. The summed E-state index contributed by atoms with van der Waals surface area (Å²) >= 11 is 0. The molecule has 26 heavy (non-hydrogen) atoms. The van der Waals surface area contributed by atoms with E-state index in [9.17, 15) is 13.2 Å². The highest BCUT2D eigenvalue weighted by Gasteiger charge is 2.09. The smallest absolute Gasteiger partial charge is 0.220 e. The molecule has 2 aromatic heterocycles. The van der Waals surface area contributed by atoms with Crippen molar-refractivity contribution in [2.45, 2.75) is 24.3 Å². The van der Waals surface area contributed by atoms with Crippen LogP contribution in [-0.4, -0.2) is 20.6 Å². The lowest BCUT2D eigenvalue weighted by molar-refractivity contribution is -0.121. The Balaban J connectivity index is 1.47. The molecule has 0 atom stereocenters. The largest absolute Gasteiger partial charge is 0.461 e. The topological polar surface area (TPSA) is 89.5 Å². The average molecular weight is 373 g/mol. The van der Waals surface area contributed by atoms with Crippen molar-refractivity contribution in [1.29, 1.82) is 0 Å². The van der Waals surface area contributed by atoms with Crippen molar-refractivity contribution in [2.75, 3.05) is 6.26 Å². The van der Waals surface area contributed by atoms with Gasteiger partial charge in [-0.05, 0) is 48.4 Å². The van der Waals surface area contributed by atoms with E-state index < -0.39 is 9.84 Å². The monoisotopic (exact) mass is 373 g/mol. The Labute approximate surface area is 151 Å². The molecule has 1 amide bonds. The predicted octanol–water partition coefficient (Wildman–Crippen LogP) is 3.19. The number of rotatable bonds is 7. The fraction of sp³-hybridized carbons (Fsp3) is 0.211. The molecule has 6 nitrogen and oxygen atoms in total. The van der Waals surface area contributed by atoms with Gasteiger partial charge in [0.05, 0.1) is 17.7 Å². The number of hydrogen-bond donors (Lipinski definition) is 1. The third kappa shape index (κ3) is 4.64. The maximum absolute atomic E-state index is 12.0. The molecule has 0 saturated carbocycles. The number of furan rings is 2. The van der Waals surface area contributed by atoms with E-state index in [2.05, 4.69) is 5.32 Å². The maximum atomic E-state index is 12.0. The summed E-state index contributed by atoms with van der Waals surface area (Å²) in [4.78, 5) is 12.3. The molecule has 136 valence electrons. The first-order chi connectivity index (χ1) is 12.4. The maximum Gasteiger partial charge on any atom is 0.220 e. The van der Waals surface area contributed by atoms with Crippen LogP contribution in [0.1, 0.15) is 17.7 Å². The Morgan fingerprint density at radius 2 is 1.81 bits per heavy atom. The summed E-state index contributed by atoms with van der Waals surface area (Å²) in [5.74, 6) is 1.79. The summed E-state index contributed by atoms with van der Waals surface area (Å²) < 4.78 is 33.7. The van der Waals surface area contributed by atoms with Crippen molar-refractivity contribution in [3.63, 3.8) is 0 Å². The summed E-state index contributed by atoms with van der Waals surface area (Å²) in [5, 5.41) is 2.80. The van der Waals surface area contributed by atoms with Crippen LogP contribution in [0.4, 0.5) is 0 Å². The molecule has 3 aromatic rings. The van der Waals surface area contributed by atoms with E-state index in [1.807, 2.05) is 0 Å². The molecule has 0 saturated heterocycles. The molecule has 2 heterocycles. The van der Waals surface area contributed by atoms with Crippen molar-refractivity contribution in [3.8, 4) is 11.5 Å². The number of hydrogen-bond acceptors (Lipinski definition) is 5. The van der Waals surface area contributed by atoms with Crippen LogP contribution in [0.5, 0.6) is 0 Å². The molecule has 0 fully saturated rings. The zero-order valence-corrected chi connectivity index (χ0v) is 15.1. The Bertz CT molecular complexity index is 969. The van der Waals surface area contributed by atoms with E-state index in [0.29, 0.717) is 36.7 Å². The van der Waals surface area contributed by atoms with Gasteiger partial charge in [0.1, 0.15) is 5.76 Å². The third-order valence-electron chi connectivity index (χ3n) is 3.88. The molecule has 1 aromatic carbocycles. The van der Waals surface area contributed by atoms with Crippen molar-refractivity contribution >= 4 is 15.7 Å². The Morgan fingerprint density at radius 3 is 2.46 bits per heavy atom. The van der Waals surface area contributed by atoms with Gasteiger partial charge < -0.3 is 14.2 Å². The van der Waals surface area contributed by atoms with Crippen LogP contribution in [-0.2, 0) is 27.6 Å². The zero-order valence-electron chi connectivity index (χ0n) is 14.3. The van der Waals surface area contributed by atoms with Gasteiger partial charge in [-0.15, -0.1) is 0 Å². The van der Waals surface area contributed by atoms with Gasteiger partial charge in [0, 0.05) is 12.7 Å². The molecular weight excluding hydrogens is 354 g/mol. The Hall–Kier alpha value is -2.80. The van der Waals surface area contributed by atoms with Crippen molar-refractivity contribution in [3.05, 3.63) is 66.1 Å². The van der Waals surface area contributed by atoms with E-state index in [1.165, 1.54) is 6.26 Å². The van der Waals surface area contributed by atoms with Crippen molar-refractivity contribution in [1.82, 2.24) is 5.32 Å². The lowest BCUT2D eigenvalue weighted by Gasteiger charge is -2.05. The summed E-state index contributed by atoms with van der Waals surface area (Å²) in [6.45, 7) is 0.298. The van der Waals surface area contributed by atoms with Gasteiger partial charge in [0.2, 0.25) is 5.91 Å². The van der Waals surface area contributed by atoms with Gasteiger partial charge in [0.25, 0.3) is 0 Å². The van der Waals surface area contributed by atoms with Gasteiger partial charge in [-0.2, -0.15) is 0 Å². The molecule has 0 unspecified atom stereocenters. The van der Waals surface area contributed by atoms with Gasteiger partial charge in [-0.25, -0.2) is 8.42 Å². The lowest BCUT2D eigenvalue weighted by Crippen LogP contribution is -2.22. The predicted molar refractivity (Wildman–Crippen MR) is 96.1 cm³/mol. The third-order valence-corrected chi connectivity index (χ3v) is 5.01. The quantitative estimate of drug-likeness (QED) is 0.687. The van der Waals surface area contributed by atoms with Crippen LogP contribution in [0.15, 0.2) is 68.5 Å². The number of benzene rings is 1. The number of sulfone groups is 1. The molecule has 1 N–H and O–H groups in total. The normalized spacial score (nSPS) is 11.4. The van der Waals surface area contributed by atoms with Gasteiger partial charge >= 0.3 is 0 Å². The van der Waals surface area contributed by atoms with Crippen LogP contribution in [0, 0.1) is 0 Å². The van der Waals surface area contributed by atoms with Crippen LogP contribution in [0.3, 0.4) is 0 Å². The lowest BCUT2D eigenvalue weighted by atomic mass is 10.1. The van der Waals surface area contributed by atoms with Gasteiger partial charge in [-0.3, -0.25) is 4.79 Å².